The van der Waals surface area contributed by atoms with Gasteiger partial charge in [0.2, 0.25) is 0 Å². The summed E-state index contributed by atoms with van der Waals surface area (Å²) in [6.07, 6.45) is 3.54. The number of ether oxygens (including phenoxy) is 2. The van der Waals surface area contributed by atoms with E-state index in [-0.39, 0.29) is 6.04 Å². The number of methoxy groups -OCH3 is 2. The second kappa shape index (κ2) is 5.96. The molecule has 1 aromatic carbocycles. The van der Waals surface area contributed by atoms with Crippen LogP contribution in [0.25, 0.3) is 5.69 Å². The maximum atomic E-state index is 6.25. The first kappa shape index (κ1) is 14.4. The summed E-state index contributed by atoms with van der Waals surface area (Å²) in [7, 11) is 3.28. The Morgan fingerprint density at radius 2 is 1.95 bits per heavy atom. The first-order valence-corrected chi connectivity index (χ1v) is 6.58. The molecular weight excluding hydrogens is 254 g/mol. The lowest BCUT2D eigenvalue weighted by atomic mass is 10.0. The largest absolute Gasteiger partial charge is 0.497 e. The summed E-state index contributed by atoms with van der Waals surface area (Å²) in [5.74, 6) is 1.83. The minimum Gasteiger partial charge on any atom is -0.497 e. The number of nitrogens with two attached hydrogens (primary N) is 1. The molecule has 0 bridgehead atoms. The van der Waals surface area contributed by atoms with Crippen LogP contribution in [0.3, 0.4) is 0 Å². The van der Waals surface area contributed by atoms with E-state index in [0.29, 0.717) is 5.92 Å². The van der Waals surface area contributed by atoms with Gasteiger partial charge in [-0.1, -0.05) is 13.8 Å². The van der Waals surface area contributed by atoms with E-state index < -0.39 is 0 Å². The van der Waals surface area contributed by atoms with Crippen LogP contribution in [0, 0.1) is 5.92 Å². The molecule has 0 aliphatic rings. The molecule has 20 heavy (non-hydrogen) atoms. The molecule has 2 aromatic rings. The molecule has 2 N–H and O–H groups in total. The summed E-state index contributed by atoms with van der Waals surface area (Å²) in [6, 6.07) is 5.56. The van der Waals surface area contributed by atoms with Crippen molar-refractivity contribution in [2.45, 2.75) is 19.9 Å². The Morgan fingerprint density at radius 1 is 1.20 bits per heavy atom. The summed E-state index contributed by atoms with van der Waals surface area (Å²) in [5.41, 5.74) is 8.07. The van der Waals surface area contributed by atoms with E-state index in [1.807, 2.05) is 22.8 Å². The second-order valence-electron chi connectivity index (χ2n) is 5.00. The lowest BCUT2D eigenvalue weighted by Crippen LogP contribution is -2.20. The normalized spacial score (nSPS) is 12.5. The molecule has 0 amide bonds. The highest BCUT2D eigenvalue weighted by molar-refractivity contribution is 5.52. The first-order valence-electron chi connectivity index (χ1n) is 6.58. The van der Waals surface area contributed by atoms with Gasteiger partial charge in [-0.15, -0.1) is 0 Å². The first-order chi connectivity index (χ1) is 9.58. The van der Waals surface area contributed by atoms with Crippen LogP contribution in [0.4, 0.5) is 0 Å². The summed E-state index contributed by atoms with van der Waals surface area (Å²) < 4.78 is 12.6. The predicted octanol–water partition coefficient (Wildman–Crippen LogP) is 2.55. The molecule has 1 heterocycles. The van der Waals surface area contributed by atoms with Crippen LogP contribution >= 0.6 is 0 Å². The quantitative estimate of drug-likeness (QED) is 0.911. The van der Waals surface area contributed by atoms with Crippen LogP contribution in [-0.4, -0.2) is 23.8 Å². The van der Waals surface area contributed by atoms with E-state index in [4.69, 9.17) is 15.2 Å². The van der Waals surface area contributed by atoms with Gasteiger partial charge in [-0.2, -0.15) is 0 Å². The van der Waals surface area contributed by atoms with Gasteiger partial charge in [-0.05, 0) is 18.1 Å². The average molecular weight is 275 g/mol. The van der Waals surface area contributed by atoms with E-state index in [1.165, 1.54) is 0 Å². The molecule has 1 aromatic heterocycles. The fourth-order valence-corrected chi connectivity index (χ4v) is 2.08. The molecular formula is C15H21N3O2. The zero-order chi connectivity index (χ0) is 14.7. The van der Waals surface area contributed by atoms with Crippen LogP contribution in [0.1, 0.15) is 25.6 Å². The Kier molecular flexibility index (Phi) is 4.29. The van der Waals surface area contributed by atoms with Gasteiger partial charge in [0.15, 0.2) is 0 Å². The van der Waals surface area contributed by atoms with Crippen molar-refractivity contribution in [1.29, 1.82) is 0 Å². The lowest BCUT2D eigenvalue weighted by Gasteiger charge is -2.19. The Bertz CT molecular complexity index is 578. The summed E-state index contributed by atoms with van der Waals surface area (Å²) >= 11 is 0. The highest BCUT2D eigenvalue weighted by Gasteiger charge is 2.18. The standard InChI is InChI=1S/C15H21N3O2/c1-10(2)15(16)13-8-17-9-18(13)12-7-11(19-3)5-6-14(12)20-4/h5-10,15H,16H2,1-4H3. The molecule has 108 valence electrons. The van der Waals surface area contributed by atoms with Crippen molar-refractivity contribution < 1.29 is 9.47 Å². The van der Waals surface area contributed by atoms with Crippen molar-refractivity contribution >= 4 is 0 Å². The molecule has 1 atom stereocenters. The van der Waals surface area contributed by atoms with Crippen molar-refractivity contribution in [3.8, 4) is 17.2 Å². The highest BCUT2D eigenvalue weighted by Crippen LogP contribution is 2.30. The summed E-state index contributed by atoms with van der Waals surface area (Å²) in [6.45, 7) is 4.18. The smallest absolute Gasteiger partial charge is 0.143 e. The van der Waals surface area contributed by atoms with Gasteiger partial charge in [0, 0.05) is 12.1 Å². The van der Waals surface area contributed by atoms with Crippen molar-refractivity contribution in [3.63, 3.8) is 0 Å². The number of benzene rings is 1. The maximum Gasteiger partial charge on any atom is 0.143 e. The van der Waals surface area contributed by atoms with E-state index in [0.717, 1.165) is 22.9 Å². The van der Waals surface area contributed by atoms with Gasteiger partial charge in [0.1, 0.15) is 11.5 Å². The van der Waals surface area contributed by atoms with E-state index in [2.05, 4.69) is 18.8 Å². The number of imidazole rings is 1. The Balaban J connectivity index is 2.54. The van der Waals surface area contributed by atoms with Gasteiger partial charge in [0.05, 0.1) is 38.1 Å². The minimum absolute atomic E-state index is 0.0894. The molecule has 2 rings (SSSR count). The topological polar surface area (TPSA) is 62.3 Å². The molecule has 0 saturated heterocycles. The second-order valence-corrected chi connectivity index (χ2v) is 5.00. The Hall–Kier alpha value is -2.01. The molecule has 0 saturated carbocycles. The minimum atomic E-state index is -0.0894. The van der Waals surface area contributed by atoms with Crippen molar-refractivity contribution in [1.82, 2.24) is 9.55 Å². The number of nitrogens with zero attached hydrogens (tertiary/aromatic N) is 2. The number of hydrogen-bond acceptors (Lipinski definition) is 4. The van der Waals surface area contributed by atoms with Crippen molar-refractivity contribution in [2.24, 2.45) is 11.7 Å². The Labute approximate surface area is 119 Å². The zero-order valence-electron chi connectivity index (χ0n) is 12.3. The van der Waals surface area contributed by atoms with Crippen LogP contribution in [-0.2, 0) is 0 Å². The SMILES string of the molecule is COc1ccc(OC)c(-n2cncc2C(N)C(C)C)c1. The number of rotatable bonds is 5. The summed E-state index contributed by atoms with van der Waals surface area (Å²) in [5, 5.41) is 0. The molecule has 0 radical (unpaired) electrons. The molecule has 5 nitrogen and oxygen atoms in total. The van der Waals surface area contributed by atoms with Crippen LogP contribution in [0.2, 0.25) is 0 Å². The average Bonchev–Trinajstić information content (AvgIpc) is 2.94. The third-order valence-electron chi connectivity index (χ3n) is 3.37. The third-order valence-corrected chi connectivity index (χ3v) is 3.37. The molecule has 0 aliphatic carbocycles. The van der Waals surface area contributed by atoms with Gasteiger partial charge in [-0.25, -0.2) is 4.98 Å². The number of hydrogen-bond donors (Lipinski definition) is 1. The Morgan fingerprint density at radius 3 is 2.55 bits per heavy atom. The third kappa shape index (κ3) is 2.63. The predicted molar refractivity (Wildman–Crippen MR) is 78.4 cm³/mol. The van der Waals surface area contributed by atoms with Crippen LogP contribution in [0.5, 0.6) is 11.5 Å². The van der Waals surface area contributed by atoms with Gasteiger partial charge in [0.25, 0.3) is 0 Å². The lowest BCUT2D eigenvalue weighted by molar-refractivity contribution is 0.400. The van der Waals surface area contributed by atoms with Gasteiger partial charge >= 0.3 is 0 Å². The van der Waals surface area contributed by atoms with Crippen molar-refractivity contribution in [2.75, 3.05) is 14.2 Å². The molecule has 0 aliphatic heterocycles. The maximum absolute atomic E-state index is 6.25. The molecule has 0 fully saturated rings. The molecule has 0 spiro atoms. The van der Waals surface area contributed by atoms with Gasteiger partial charge in [-0.3, -0.25) is 4.57 Å². The van der Waals surface area contributed by atoms with Crippen LogP contribution < -0.4 is 15.2 Å². The fourth-order valence-electron chi connectivity index (χ4n) is 2.08. The van der Waals surface area contributed by atoms with E-state index >= 15 is 0 Å². The number of aromatic nitrogens is 2. The van der Waals surface area contributed by atoms with Crippen LogP contribution in [0.15, 0.2) is 30.7 Å². The zero-order valence-corrected chi connectivity index (χ0v) is 12.3. The van der Waals surface area contributed by atoms with E-state index in [9.17, 15) is 0 Å². The fraction of sp³-hybridized carbons (Fsp3) is 0.400. The highest BCUT2D eigenvalue weighted by atomic mass is 16.5. The molecule has 1 unspecified atom stereocenters. The van der Waals surface area contributed by atoms with E-state index in [1.54, 1.807) is 26.7 Å². The molecule has 5 heteroatoms. The van der Waals surface area contributed by atoms with Gasteiger partial charge < -0.3 is 15.2 Å². The monoisotopic (exact) mass is 275 g/mol. The summed E-state index contributed by atoms with van der Waals surface area (Å²) in [4.78, 5) is 4.22. The van der Waals surface area contributed by atoms with Crippen molar-refractivity contribution in [3.05, 3.63) is 36.4 Å².